The van der Waals surface area contributed by atoms with E-state index in [2.05, 4.69) is 4.99 Å². The van der Waals surface area contributed by atoms with E-state index >= 15 is 0 Å². The van der Waals surface area contributed by atoms with Gasteiger partial charge in [-0.1, -0.05) is 48.5 Å². The van der Waals surface area contributed by atoms with Crippen molar-refractivity contribution < 1.29 is 28.7 Å². The van der Waals surface area contributed by atoms with E-state index in [-0.39, 0.29) is 34.8 Å². The quantitative estimate of drug-likeness (QED) is 0.582. The third-order valence-corrected chi connectivity index (χ3v) is 6.09. The minimum atomic E-state index is -2.50. The molecule has 31 heavy (non-hydrogen) atoms. The van der Waals surface area contributed by atoms with Crippen LogP contribution in [0.4, 0.5) is 0 Å². The summed E-state index contributed by atoms with van der Waals surface area (Å²) in [4.78, 5) is 73.3. The molecule has 1 amide bonds. The monoisotopic (exact) mass is 415 g/mol. The van der Waals surface area contributed by atoms with Crippen molar-refractivity contribution in [2.24, 2.45) is 4.99 Å². The van der Waals surface area contributed by atoms with Crippen LogP contribution in [0.2, 0.25) is 0 Å². The van der Waals surface area contributed by atoms with Crippen LogP contribution in [0.25, 0.3) is 0 Å². The molecule has 6 rings (SSSR count). The van der Waals surface area contributed by atoms with Crippen LogP contribution >= 0.6 is 0 Å². The number of amides is 1. The summed E-state index contributed by atoms with van der Waals surface area (Å²) in [5.41, 5.74) is -4.67. The summed E-state index contributed by atoms with van der Waals surface area (Å²) in [5, 5.41) is 0. The van der Waals surface area contributed by atoms with Gasteiger partial charge in [-0.3, -0.25) is 28.7 Å². The first-order chi connectivity index (χ1) is 14.8. The average Bonchev–Trinajstić information content (AvgIpc) is 3.26. The second-order valence-corrected chi connectivity index (χ2v) is 7.79. The van der Waals surface area contributed by atoms with Crippen LogP contribution in [0.1, 0.15) is 41.4 Å². The lowest BCUT2D eigenvalue weighted by Crippen LogP contribution is -2.70. The van der Waals surface area contributed by atoms with Crippen molar-refractivity contribution in [1.29, 1.82) is 0 Å². The number of carbonyl (C=O) groups excluding carboxylic acids is 5. The van der Waals surface area contributed by atoms with E-state index in [1.807, 2.05) is 0 Å². The van der Waals surface area contributed by atoms with Gasteiger partial charge in [0.25, 0.3) is 17.4 Å². The van der Waals surface area contributed by atoms with E-state index in [4.69, 9.17) is 4.74 Å². The van der Waals surface area contributed by atoms with E-state index in [1.165, 1.54) is 36.2 Å². The minimum Gasteiger partial charge on any atom is -0.336 e. The fourth-order valence-corrected chi connectivity index (χ4v) is 4.69. The van der Waals surface area contributed by atoms with Gasteiger partial charge in [-0.2, -0.15) is 0 Å². The number of fused-ring (bicyclic) bond motifs is 4. The van der Waals surface area contributed by atoms with Crippen LogP contribution < -0.4 is 0 Å². The number of Topliss-reactive ketones (excluding diaryl/α,β-unsaturated/α-hetero) is 4. The summed E-state index contributed by atoms with van der Waals surface area (Å²) in [7, 11) is 1.53. The van der Waals surface area contributed by atoms with Crippen LogP contribution in [0, 0.1) is 0 Å². The normalized spacial score (nSPS) is 22.4. The SMILES string of the molecule is CN1CC(=O)N2C1=NC1(OC23C(=O)c2ccccc2C3=O)C(=O)c2ccccc2C1=O. The van der Waals surface area contributed by atoms with Crippen molar-refractivity contribution in [1.82, 2.24) is 9.80 Å². The van der Waals surface area contributed by atoms with Gasteiger partial charge in [-0.25, -0.2) is 9.89 Å². The van der Waals surface area contributed by atoms with E-state index < -0.39 is 40.5 Å². The molecule has 0 radical (unpaired) electrons. The molecule has 1 fully saturated rings. The van der Waals surface area contributed by atoms with E-state index in [0.717, 1.165) is 4.90 Å². The number of rotatable bonds is 0. The lowest BCUT2D eigenvalue weighted by Gasteiger charge is -2.43. The molecule has 9 heteroatoms. The highest BCUT2D eigenvalue weighted by atomic mass is 16.6. The Balaban J connectivity index is 1.65. The molecule has 0 bridgehead atoms. The zero-order valence-corrected chi connectivity index (χ0v) is 16.1. The number of ether oxygens (including phenoxy) is 1. The van der Waals surface area contributed by atoms with Crippen LogP contribution in [-0.2, 0) is 9.53 Å². The topological polar surface area (TPSA) is 113 Å². The summed E-state index contributed by atoms with van der Waals surface area (Å²) < 4.78 is 5.92. The van der Waals surface area contributed by atoms with Gasteiger partial charge in [0.15, 0.2) is 0 Å². The largest absolute Gasteiger partial charge is 0.336 e. The van der Waals surface area contributed by atoms with Crippen molar-refractivity contribution in [2.75, 3.05) is 13.6 Å². The Bertz CT molecular complexity index is 1260. The first-order valence-electron chi connectivity index (χ1n) is 9.54. The molecule has 4 aliphatic rings. The number of aliphatic imine (C=N–C) groups is 1. The number of carbonyl (C=O) groups is 5. The second kappa shape index (κ2) is 5.38. The van der Waals surface area contributed by atoms with Crippen molar-refractivity contribution in [2.45, 2.75) is 11.4 Å². The van der Waals surface area contributed by atoms with E-state index in [1.54, 1.807) is 24.3 Å². The smallest absolute Gasteiger partial charge is 0.293 e. The first-order valence-corrected chi connectivity index (χ1v) is 9.54. The zero-order valence-electron chi connectivity index (χ0n) is 16.1. The highest BCUT2D eigenvalue weighted by Crippen LogP contribution is 2.47. The van der Waals surface area contributed by atoms with Crippen LogP contribution in [0.15, 0.2) is 53.5 Å². The minimum absolute atomic E-state index is 0.0571. The third-order valence-electron chi connectivity index (χ3n) is 6.09. The van der Waals surface area contributed by atoms with Crippen molar-refractivity contribution >= 4 is 35.0 Å². The molecule has 2 aliphatic heterocycles. The van der Waals surface area contributed by atoms with Gasteiger partial charge in [0.05, 0.1) is 0 Å². The molecule has 9 nitrogen and oxygen atoms in total. The molecule has 0 N–H and O–H groups in total. The zero-order chi connectivity index (χ0) is 21.7. The lowest BCUT2D eigenvalue weighted by molar-refractivity contribution is -0.154. The van der Waals surface area contributed by atoms with E-state index in [9.17, 15) is 24.0 Å². The molecule has 2 aliphatic carbocycles. The predicted octanol–water partition coefficient (Wildman–Crippen LogP) is 0.698. The van der Waals surface area contributed by atoms with Gasteiger partial charge in [-0.15, -0.1) is 0 Å². The van der Waals surface area contributed by atoms with Crippen molar-refractivity contribution in [3.8, 4) is 0 Å². The molecule has 0 atom stereocenters. The maximum Gasteiger partial charge on any atom is 0.293 e. The number of ketones is 4. The summed E-state index contributed by atoms with van der Waals surface area (Å²) in [5.74, 6) is -3.88. The highest BCUT2D eigenvalue weighted by molar-refractivity contribution is 6.38. The average molecular weight is 415 g/mol. The molecule has 2 spiro atoms. The second-order valence-electron chi connectivity index (χ2n) is 7.79. The fourth-order valence-electron chi connectivity index (χ4n) is 4.69. The summed E-state index contributed by atoms with van der Waals surface area (Å²) in [6, 6.07) is 12.2. The van der Waals surface area contributed by atoms with Crippen LogP contribution in [-0.4, -0.2) is 69.8 Å². The van der Waals surface area contributed by atoms with Crippen molar-refractivity contribution in [3.63, 3.8) is 0 Å². The maximum absolute atomic E-state index is 13.6. The molecule has 0 saturated carbocycles. The standard InChI is InChI=1S/C22H13N3O6/c1-24-10-15(26)25-20(24)23-21(16(27)11-6-2-3-7-12(11)17(21)28)31-22(25)18(29)13-8-4-5-9-14(13)19(22)30/h2-9H,10H2,1H3. The number of nitrogens with zero attached hydrogens (tertiary/aromatic N) is 3. The number of hydrogen-bond donors (Lipinski definition) is 0. The Morgan fingerprint density at radius 3 is 1.71 bits per heavy atom. The molecule has 1 saturated heterocycles. The Kier molecular flexibility index (Phi) is 3.10. The predicted molar refractivity (Wildman–Crippen MR) is 104 cm³/mol. The molecule has 0 unspecified atom stereocenters. The molecule has 0 aromatic heterocycles. The highest BCUT2D eigenvalue weighted by Gasteiger charge is 2.72. The first kappa shape index (κ1) is 17.8. The summed E-state index contributed by atoms with van der Waals surface area (Å²) in [6.45, 7) is -0.188. The number of guanidine groups is 1. The van der Waals surface area contributed by atoms with Crippen LogP contribution in [0.5, 0.6) is 0 Å². The van der Waals surface area contributed by atoms with E-state index in [0.29, 0.717) is 0 Å². The van der Waals surface area contributed by atoms with Gasteiger partial charge in [0.1, 0.15) is 6.54 Å². The molecule has 152 valence electrons. The Morgan fingerprint density at radius 1 is 0.774 bits per heavy atom. The fraction of sp³-hybridized carbons (Fsp3) is 0.182. The third kappa shape index (κ3) is 1.81. The van der Waals surface area contributed by atoms with Crippen LogP contribution in [0.3, 0.4) is 0 Å². The van der Waals surface area contributed by atoms with Gasteiger partial charge < -0.3 is 4.90 Å². The maximum atomic E-state index is 13.6. The summed E-state index contributed by atoms with van der Waals surface area (Å²) >= 11 is 0. The van der Waals surface area contributed by atoms with Gasteiger partial charge in [0.2, 0.25) is 29.1 Å². The number of hydrogen-bond acceptors (Lipinski definition) is 8. The molecule has 2 aromatic carbocycles. The Labute approximate surface area is 174 Å². The lowest BCUT2D eigenvalue weighted by atomic mass is 10.0. The summed E-state index contributed by atoms with van der Waals surface area (Å²) in [6.07, 6.45) is 0. The molecular weight excluding hydrogens is 402 g/mol. The molecular formula is C22H13N3O6. The van der Waals surface area contributed by atoms with Crippen molar-refractivity contribution in [3.05, 3.63) is 70.8 Å². The molecule has 2 aromatic rings. The Morgan fingerprint density at radius 2 is 1.23 bits per heavy atom. The Hall–Kier alpha value is -3.98. The number of benzene rings is 2. The number of likely N-dealkylation sites (N-methyl/N-ethyl adjacent to an activating group) is 1. The van der Waals surface area contributed by atoms with Gasteiger partial charge in [-0.05, 0) is 0 Å². The van der Waals surface area contributed by atoms with Gasteiger partial charge in [0, 0.05) is 29.3 Å². The van der Waals surface area contributed by atoms with Gasteiger partial charge >= 0.3 is 0 Å². The molecule has 2 heterocycles.